The number of carbonyl (C=O) groups excluding carboxylic acids is 1. The van der Waals surface area contributed by atoms with Crippen LogP contribution in [0, 0.1) is 0 Å². The van der Waals surface area contributed by atoms with Crippen molar-refractivity contribution in [3.05, 3.63) is 53.5 Å². The number of ether oxygens (including phenoxy) is 2. The van der Waals surface area contributed by atoms with E-state index in [0.29, 0.717) is 12.3 Å². The third kappa shape index (κ3) is 5.69. The largest absolute Gasteiger partial charge is 0.490 e. The molecule has 0 spiro atoms. The van der Waals surface area contributed by atoms with Crippen LogP contribution in [0.25, 0.3) is 11.0 Å². The molecule has 0 radical (unpaired) electrons. The summed E-state index contributed by atoms with van der Waals surface area (Å²) >= 11 is 3.37. The standard InChI is InChI=1S/C20H23BrN4O3/c1-20(2,3)28-19(26)24-15(12-27-16-8-14(21)9-22-10-16)11-25-13-23-17-6-4-5-7-18(17)25/h4-10,13,15H,11-12H2,1-3H3,(H,24,26). The smallest absolute Gasteiger partial charge is 0.408 e. The van der Waals surface area contributed by atoms with Crippen LogP contribution in [0.2, 0.25) is 0 Å². The Morgan fingerprint density at radius 2 is 2.07 bits per heavy atom. The number of halogens is 1. The Morgan fingerprint density at radius 1 is 1.29 bits per heavy atom. The number of rotatable bonds is 6. The first-order valence-corrected chi connectivity index (χ1v) is 9.72. The van der Waals surface area contributed by atoms with Crippen molar-refractivity contribution < 1.29 is 14.3 Å². The Labute approximate surface area is 172 Å². The number of alkyl carbamates (subject to hydrolysis) is 1. The number of benzene rings is 1. The first-order chi connectivity index (χ1) is 13.3. The summed E-state index contributed by atoms with van der Waals surface area (Å²) in [4.78, 5) is 20.8. The van der Waals surface area contributed by atoms with Gasteiger partial charge >= 0.3 is 6.09 Å². The van der Waals surface area contributed by atoms with Gasteiger partial charge in [-0.3, -0.25) is 4.98 Å². The van der Waals surface area contributed by atoms with Gasteiger partial charge in [-0.05, 0) is 54.9 Å². The highest BCUT2D eigenvalue weighted by atomic mass is 79.9. The summed E-state index contributed by atoms with van der Waals surface area (Å²) in [5, 5.41) is 2.89. The number of para-hydroxylation sites is 2. The minimum Gasteiger partial charge on any atom is -0.490 e. The van der Waals surface area contributed by atoms with Crippen molar-refractivity contribution in [2.24, 2.45) is 0 Å². The Balaban J connectivity index is 1.74. The van der Waals surface area contributed by atoms with Gasteiger partial charge in [0.05, 0.1) is 29.6 Å². The van der Waals surface area contributed by atoms with Crippen molar-refractivity contribution in [2.75, 3.05) is 6.61 Å². The predicted molar refractivity (Wildman–Crippen MR) is 110 cm³/mol. The lowest BCUT2D eigenvalue weighted by Gasteiger charge is -2.24. The first-order valence-electron chi connectivity index (χ1n) is 8.93. The number of hydrogen-bond donors (Lipinski definition) is 1. The molecule has 0 aliphatic heterocycles. The zero-order chi connectivity index (χ0) is 20.1. The highest BCUT2D eigenvalue weighted by Gasteiger charge is 2.21. The van der Waals surface area contributed by atoms with E-state index in [-0.39, 0.29) is 12.6 Å². The van der Waals surface area contributed by atoms with Crippen molar-refractivity contribution >= 4 is 33.1 Å². The number of imidazole rings is 1. The van der Waals surface area contributed by atoms with Crippen molar-refractivity contribution in [1.29, 1.82) is 0 Å². The molecular weight excluding hydrogens is 424 g/mol. The fraction of sp³-hybridized carbons (Fsp3) is 0.350. The van der Waals surface area contributed by atoms with E-state index in [0.717, 1.165) is 15.5 Å². The van der Waals surface area contributed by atoms with Gasteiger partial charge in [-0.2, -0.15) is 0 Å². The van der Waals surface area contributed by atoms with Gasteiger partial charge in [0, 0.05) is 17.2 Å². The number of nitrogens with zero attached hydrogens (tertiary/aromatic N) is 3. The molecule has 1 amide bonds. The number of nitrogens with one attached hydrogen (secondary N) is 1. The summed E-state index contributed by atoms with van der Waals surface area (Å²) in [7, 11) is 0. The van der Waals surface area contributed by atoms with Gasteiger partial charge < -0.3 is 19.4 Å². The molecule has 0 fully saturated rings. The molecule has 148 valence electrons. The van der Waals surface area contributed by atoms with Gasteiger partial charge in [0.1, 0.15) is 18.0 Å². The molecule has 8 heteroatoms. The quantitative estimate of drug-likeness (QED) is 0.614. The monoisotopic (exact) mass is 446 g/mol. The summed E-state index contributed by atoms with van der Waals surface area (Å²) in [5.74, 6) is 0.612. The van der Waals surface area contributed by atoms with Crippen LogP contribution in [-0.2, 0) is 11.3 Å². The molecule has 0 aliphatic carbocycles. The van der Waals surface area contributed by atoms with Crippen LogP contribution in [0.5, 0.6) is 5.75 Å². The molecule has 1 N–H and O–H groups in total. The van der Waals surface area contributed by atoms with Gasteiger partial charge in [0.25, 0.3) is 0 Å². The summed E-state index contributed by atoms with van der Waals surface area (Å²) in [5.41, 5.74) is 1.31. The van der Waals surface area contributed by atoms with Crippen LogP contribution in [-0.4, -0.2) is 38.9 Å². The topological polar surface area (TPSA) is 78.3 Å². The van der Waals surface area contributed by atoms with E-state index in [4.69, 9.17) is 9.47 Å². The maximum Gasteiger partial charge on any atom is 0.408 e. The van der Waals surface area contributed by atoms with E-state index in [1.807, 2.05) is 55.7 Å². The molecular formula is C20H23BrN4O3. The summed E-state index contributed by atoms with van der Waals surface area (Å²) < 4.78 is 14.0. The predicted octanol–water partition coefficient (Wildman–Crippen LogP) is 4.17. The summed E-state index contributed by atoms with van der Waals surface area (Å²) in [6, 6.07) is 9.34. The Hall–Kier alpha value is -2.61. The fourth-order valence-electron chi connectivity index (χ4n) is 2.68. The molecule has 0 saturated heterocycles. The highest BCUT2D eigenvalue weighted by molar-refractivity contribution is 9.10. The first kappa shape index (κ1) is 20.1. The zero-order valence-corrected chi connectivity index (χ0v) is 17.6. The molecule has 1 atom stereocenters. The van der Waals surface area contributed by atoms with E-state index in [2.05, 4.69) is 31.2 Å². The van der Waals surface area contributed by atoms with Gasteiger partial charge in [0.2, 0.25) is 0 Å². The van der Waals surface area contributed by atoms with Gasteiger partial charge in [-0.25, -0.2) is 9.78 Å². The lowest BCUT2D eigenvalue weighted by atomic mass is 10.2. The number of carbonyl (C=O) groups is 1. The SMILES string of the molecule is CC(C)(C)OC(=O)NC(COc1cncc(Br)c1)Cn1cnc2ccccc21. The van der Waals surface area contributed by atoms with E-state index in [1.165, 1.54) is 0 Å². The number of hydrogen-bond acceptors (Lipinski definition) is 5. The molecule has 1 aromatic carbocycles. The van der Waals surface area contributed by atoms with Crippen LogP contribution in [0.3, 0.4) is 0 Å². The van der Waals surface area contributed by atoms with Gasteiger partial charge in [-0.15, -0.1) is 0 Å². The number of aromatic nitrogens is 3. The number of pyridine rings is 1. The lowest BCUT2D eigenvalue weighted by molar-refractivity contribution is 0.0481. The van der Waals surface area contributed by atoms with E-state index < -0.39 is 11.7 Å². The minimum atomic E-state index is -0.578. The molecule has 2 aromatic heterocycles. The average molecular weight is 447 g/mol. The normalized spacial score (nSPS) is 12.6. The molecule has 3 rings (SSSR count). The third-order valence-corrected chi connectivity index (χ3v) is 4.23. The molecule has 2 heterocycles. The maximum absolute atomic E-state index is 12.3. The second-order valence-electron chi connectivity index (χ2n) is 7.38. The molecule has 3 aromatic rings. The second kappa shape index (κ2) is 8.60. The van der Waals surface area contributed by atoms with Crippen molar-refractivity contribution in [3.63, 3.8) is 0 Å². The summed E-state index contributed by atoms with van der Waals surface area (Å²) in [6.07, 6.45) is 4.58. The Morgan fingerprint density at radius 3 is 2.82 bits per heavy atom. The molecule has 7 nitrogen and oxygen atoms in total. The second-order valence-corrected chi connectivity index (χ2v) is 8.29. The third-order valence-electron chi connectivity index (χ3n) is 3.80. The van der Waals surface area contributed by atoms with Crippen LogP contribution in [0.4, 0.5) is 4.79 Å². The Bertz CT molecular complexity index is 952. The zero-order valence-electron chi connectivity index (χ0n) is 16.1. The van der Waals surface area contributed by atoms with Crippen LogP contribution in [0.15, 0.2) is 53.5 Å². The number of fused-ring (bicyclic) bond motifs is 1. The minimum absolute atomic E-state index is 0.254. The molecule has 0 saturated carbocycles. The molecule has 28 heavy (non-hydrogen) atoms. The average Bonchev–Trinajstić information content (AvgIpc) is 3.01. The molecule has 0 bridgehead atoms. The van der Waals surface area contributed by atoms with Crippen LogP contribution >= 0.6 is 15.9 Å². The van der Waals surface area contributed by atoms with E-state index in [9.17, 15) is 4.79 Å². The van der Waals surface area contributed by atoms with Crippen LogP contribution in [0.1, 0.15) is 20.8 Å². The number of amides is 1. The van der Waals surface area contributed by atoms with Gasteiger partial charge in [0.15, 0.2) is 0 Å². The van der Waals surface area contributed by atoms with E-state index >= 15 is 0 Å². The molecule has 0 aliphatic rings. The maximum atomic E-state index is 12.3. The lowest BCUT2D eigenvalue weighted by Crippen LogP contribution is -2.44. The summed E-state index contributed by atoms with van der Waals surface area (Å²) in [6.45, 7) is 6.23. The Kier molecular flexibility index (Phi) is 6.18. The van der Waals surface area contributed by atoms with Crippen molar-refractivity contribution in [2.45, 2.75) is 39.0 Å². The van der Waals surface area contributed by atoms with Crippen molar-refractivity contribution in [1.82, 2.24) is 19.9 Å². The fourth-order valence-corrected chi connectivity index (χ4v) is 3.02. The molecule has 1 unspecified atom stereocenters. The van der Waals surface area contributed by atoms with Gasteiger partial charge in [-0.1, -0.05) is 12.1 Å². The van der Waals surface area contributed by atoms with Crippen molar-refractivity contribution in [3.8, 4) is 5.75 Å². The van der Waals surface area contributed by atoms with Crippen LogP contribution < -0.4 is 10.1 Å². The van der Waals surface area contributed by atoms with E-state index in [1.54, 1.807) is 18.7 Å². The highest BCUT2D eigenvalue weighted by Crippen LogP contribution is 2.17.